The smallest absolute Gasteiger partial charge is 0.295 e. The van der Waals surface area contributed by atoms with Gasteiger partial charge in [0.15, 0.2) is 5.82 Å². The SMILES string of the molecule is O=C(Nc1nn(Cc2ccc(Cl)cc2)c2ccccc12)c1ccno1. The molecule has 0 bridgehead atoms. The van der Waals surface area contributed by atoms with Crippen LogP contribution in [0.4, 0.5) is 5.82 Å². The Bertz CT molecular complexity index is 1020. The molecule has 0 aliphatic carbocycles. The van der Waals surface area contributed by atoms with E-state index < -0.39 is 0 Å². The number of hydrogen-bond acceptors (Lipinski definition) is 4. The molecule has 0 aliphatic heterocycles. The summed E-state index contributed by atoms with van der Waals surface area (Å²) in [5.41, 5.74) is 1.98. The largest absolute Gasteiger partial charge is 0.351 e. The van der Waals surface area contributed by atoms with Crippen LogP contribution in [-0.2, 0) is 6.54 Å². The Morgan fingerprint density at radius 1 is 1.12 bits per heavy atom. The van der Waals surface area contributed by atoms with Crippen LogP contribution >= 0.6 is 11.6 Å². The van der Waals surface area contributed by atoms with Gasteiger partial charge >= 0.3 is 0 Å². The quantitative estimate of drug-likeness (QED) is 0.603. The number of fused-ring (bicyclic) bond motifs is 1. The zero-order valence-electron chi connectivity index (χ0n) is 13.0. The maximum Gasteiger partial charge on any atom is 0.295 e. The highest BCUT2D eigenvalue weighted by atomic mass is 35.5. The zero-order valence-corrected chi connectivity index (χ0v) is 13.8. The number of carbonyl (C=O) groups excluding carboxylic acids is 1. The molecule has 0 saturated heterocycles. The van der Waals surface area contributed by atoms with Crippen molar-refractivity contribution in [1.82, 2.24) is 14.9 Å². The molecule has 1 N–H and O–H groups in total. The van der Waals surface area contributed by atoms with Crippen LogP contribution in [0, 0.1) is 0 Å². The van der Waals surface area contributed by atoms with Gasteiger partial charge in [0.2, 0.25) is 5.76 Å². The highest BCUT2D eigenvalue weighted by molar-refractivity contribution is 6.30. The molecule has 1 amide bonds. The van der Waals surface area contributed by atoms with Gasteiger partial charge in [0.25, 0.3) is 5.91 Å². The Morgan fingerprint density at radius 2 is 1.92 bits per heavy atom. The minimum absolute atomic E-state index is 0.135. The second-order valence-corrected chi connectivity index (χ2v) is 5.92. The molecule has 25 heavy (non-hydrogen) atoms. The van der Waals surface area contributed by atoms with Gasteiger partial charge in [-0.25, -0.2) is 0 Å². The number of carbonyl (C=O) groups is 1. The first-order valence-electron chi connectivity index (χ1n) is 7.63. The molecule has 0 radical (unpaired) electrons. The number of nitrogens with zero attached hydrogens (tertiary/aromatic N) is 3. The second-order valence-electron chi connectivity index (χ2n) is 5.48. The molecule has 0 fully saturated rings. The Kier molecular flexibility index (Phi) is 3.95. The molecule has 2 aromatic carbocycles. The summed E-state index contributed by atoms with van der Waals surface area (Å²) in [5.74, 6) is 0.224. The number of benzene rings is 2. The lowest BCUT2D eigenvalue weighted by atomic mass is 10.2. The van der Waals surface area contributed by atoms with Crippen molar-refractivity contribution in [3.63, 3.8) is 0 Å². The number of aromatic nitrogens is 3. The van der Waals surface area contributed by atoms with Crippen LogP contribution in [0.25, 0.3) is 10.9 Å². The summed E-state index contributed by atoms with van der Waals surface area (Å²) in [6, 6.07) is 16.8. The van der Waals surface area contributed by atoms with Crippen molar-refractivity contribution in [2.45, 2.75) is 6.54 Å². The van der Waals surface area contributed by atoms with Gasteiger partial charge in [0.1, 0.15) is 0 Å². The van der Waals surface area contributed by atoms with Crippen LogP contribution < -0.4 is 5.32 Å². The number of rotatable bonds is 4. The number of amides is 1. The van der Waals surface area contributed by atoms with Gasteiger partial charge in [-0.1, -0.05) is 41.0 Å². The normalized spacial score (nSPS) is 10.9. The Balaban J connectivity index is 1.68. The molecular weight excluding hydrogens is 340 g/mol. The Morgan fingerprint density at radius 3 is 2.68 bits per heavy atom. The summed E-state index contributed by atoms with van der Waals surface area (Å²) in [5, 5.41) is 12.4. The lowest BCUT2D eigenvalue weighted by Gasteiger charge is -2.04. The van der Waals surface area contributed by atoms with E-state index in [2.05, 4.69) is 15.6 Å². The first-order chi connectivity index (χ1) is 12.2. The van der Waals surface area contributed by atoms with Crippen LogP contribution in [0.3, 0.4) is 0 Å². The third-order valence-corrected chi connectivity index (χ3v) is 4.05. The van der Waals surface area contributed by atoms with Gasteiger partial charge in [-0.2, -0.15) is 5.10 Å². The van der Waals surface area contributed by atoms with Crippen LogP contribution in [0.15, 0.2) is 65.3 Å². The summed E-state index contributed by atoms with van der Waals surface area (Å²) >= 11 is 5.94. The zero-order chi connectivity index (χ0) is 17.2. The van der Waals surface area contributed by atoms with Gasteiger partial charge in [-0.3, -0.25) is 9.48 Å². The Labute approximate surface area is 148 Å². The molecule has 0 unspecified atom stereocenters. The fourth-order valence-electron chi connectivity index (χ4n) is 2.61. The number of para-hydroxylation sites is 1. The van der Waals surface area contributed by atoms with Crippen molar-refractivity contribution in [3.8, 4) is 0 Å². The van der Waals surface area contributed by atoms with E-state index in [1.165, 1.54) is 12.3 Å². The maximum absolute atomic E-state index is 12.2. The number of halogens is 1. The van der Waals surface area contributed by atoms with Crippen molar-refractivity contribution in [1.29, 1.82) is 0 Å². The average molecular weight is 353 g/mol. The molecule has 0 saturated carbocycles. The van der Waals surface area contributed by atoms with Gasteiger partial charge in [0, 0.05) is 16.5 Å². The summed E-state index contributed by atoms with van der Waals surface area (Å²) in [6.45, 7) is 0.565. The summed E-state index contributed by atoms with van der Waals surface area (Å²) < 4.78 is 6.73. The van der Waals surface area contributed by atoms with Crippen molar-refractivity contribution in [2.24, 2.45) is 0 Å². The number of hydrogen-bond donors (Lipinski definition) is 1. The van der Waals surface area contributed by atoms with E-state index in [9.17, 15) is 4.79 Å². The van der Waals surface area contributed by atoms with Crippen molar-refractivity contribution < 1.29 is 9.32 Å². The predicted octanol–water partition coefficient (Wildman–Crippen LogP) is 3.98. The minimum Gasteiger partial charge on any atom is -0.351 e. The maximum atomic E-state index is 12.2. The minimum atomic E-state index is -0.389. The van der Waals surface area contributed by atoms with Crippen LogP contribution in [0.5, 0.6) is 0 Å². The number of anilines is 1. The number of nitrogens with one attached hydrogen (secondary N) is 1. The van der Waals surface area contributed by atoms with Gasteiger partial charge in [-0.15, -0.1) is 0 Å². The second kappa shape index (κ2) is 6.41. The third-order valence-electron chi connectivity index (χ3n) is 3.80. The van der Waals surface area contributed by atoms with E-state index >= 15 is 0 Å². The molecule has 4 rings (SSSR count). The van der Waals surface area contributed by atoms with Gasteiger partial charge in [-0.05, 0) is 29.8 Å². The monoisotopic (exact) mass is 352 g/mol. The molecular formula is C18H13ClN4O2. The standard InChI is InChI=1S/C18H13ClN4O2/c19-13-7-5-12(6-8-13)11-23-15-4-2-1-3-14(15)17(22-23)21-18(24)16-9-10-20-25-16/h1-10H,11H2,(H,21,22,24). The Hall–Kier alpha value is -3.12. The predicted molar refractivity (Wildman–Crippen MR) is 94.7 cm³/mol. The molecule has 124 valence electrons. The van der Waals surface area contributed by atoms with Crippen molar-refractivity contribution in [3.05, 3.63) is 77.1 Å². The molecule has 0 atom stereocenters. The van der Waals surface area contributed by atoms with Crippen LogP contribution in [0.1, 0.15) is 16.1 Å². The summed E-state index contributed by atoms with van der Waals surface area (Å²) in [7, 11) is 0. The lowest BCUT2D eigenvalue weighted by molar-refractivity contribution is 0.0987. The average Bonchev–Trinajstić information content (AvgIpc) is 3.27. The first kappa shape index (κ1) is 15.4. The molecule has 6 nitrogen and oxygen atoms in total. The van der Waals surface area contributed by atoms with E-state index in [-0.39, 0.29) is 11.7 Å². The highest BCUT2D eigenvalue weighted by Gasteiger charge is 2.16. The van der Waals surface area contributed by atoms with Gasteiger partial charge in [0.05, 0.1) is 18.3 Å². The van der Waals surface area contributed by atoms with Crippen molar-refractivity contribution in [2.75, 3.05) is 5.32 Å². The van der Waals surface area contributed by atoms with Gasteiger partial charge < -0.3 is 9.84 Å². The molecule has 4 aromatic rings. The third kappa shape index (κ3) is 3.12. The summed E-state index contributed by atoms with van der Waals surface area (Å²) in [4.78, 5) is 12.2. The van der Waals surface area contributed by atoms with E-state index in [1.807, 2.05) is 53.2 Å². The molecule has 7 heteroatoms. The summed E-state index contributed by atoms with van der Waals surface area (Å²) in [6.07, 6.45) is 1.42. The van der Waals surface area contributed by atoms with Crippen LogP contribution in [0.2, 0.25) is 5.02 Å². The van der Waals surface area contributed by atoms with E-state index in [0.717, 1.165) is 16.5 Å². The molecule has 2 heterocycles. The van der Waals surface area contributed by atoms with E-state index in [0.29, 0.717) is 17.4 Å². The molecule has 0 aliphatic rings. The fourth-order valence-corrected chi connectivity index (χ4v) is 2.73. The van der Waals surface area contributed by atoms with Crippen LogP contribution in [-0.4, -0.2) is 20.8 Å². The van der Waals surface area contributed by atoms with E-state index in [1.54, 1.807) is 0 Å². The molecule has 0 spiro atoms. The highest BCUT2D eigenvalue weighted by Crippen LogP contribution is 2.24. The lowest BCUT2D eigenvalue weighted by Crippen LogP contribution is -2.12. The fraction of sp³-hybridized carbons (Fsp3) is 0.0556. The molecule has 2 aromatic heterocycles. The topological polar surface area (TPSA) is 73.0 Å². The van der Waals surface area contributed by atoms with E-state index in [4.69, 9.17) is 16.1 Å². The first-order valence-corrected chi connectivity index (χ1v) is 8.00. The van der Waals surface area contributed by atoms with Crippen molar-refractivity contribution >= 4 is 34.2 Å².